The molecule has 5 nitrogen and oxygen atoms in total. The summed E-state index contributed by atoms with van der Waals surface area (Å²) in [5.41, 5.74) is 0. The molecule has 0 bridgehead atoms. The smallest absolute Gasteiger partial charge is 0.358 e. The molecule has 0 saturated heterocycles. The van der Waals surface area contributed by atoms with E-state index < -0.39 is 4.92 Å². The highest BCUT2D eigenvalue weighted by molar-refractivity contribution is 6.31. The first-order chi connectivity index (χ1) is 6.07. The molecule has 0 unspecified atom stereocenters. The number of nitrogens with zero attached hydrogens (tertiary/aromatic N) is 3. The van der Waals surface area contributed by atoms with Crippen molar-refractivity contribution < 1.29 is 4.92 Å². The third-order valence-electron chi connectivity index (χ3n) is 1.57. The van der Waals surface area contributed by atoms with Gasteiger partial charge in [-0.3, -0.25) is 0 Å². The molecular weight excluding hydrogens is 217 g/mol. The van der Waals surface area contributed by atoms with Crippen molar-refractivity contribution in [3.05, 3.63) is 21.1 Å². The highest BCUT2D eigenvalue weighted by atomic mass is 35.5. The molecule has 0 atom stereocenters. The maximum absolute atomic E-state index is 10.5. The van der Waals surface area contributed by atoms with Crippen LogP contribution in [0.25, 0.3) is 0 Å². The molecule has 0 saturated carbocycles. The van der Waals surface area contributed by atoms with Gasteiger partial charge in [0.05, 0.1) is 5.88 Å². The summed E-state index contributed by atoms with van der Waals surface area (Å²) < 4.78 is 1.38. The first-order valence-electron chi connectivity index (χ1n) is 3.51. The maximum atomic E-state index is 10.5. The second-order valence-corrected chi connectivity index (χ2v) is 3.11. The van der Waals surface area contributed by atoms with Crippen LogP contribution < -0.4 is 0 Å². The second kappa shape index (κ2) is 3.93. The Morgan fingerprint density at radius 2 is 2.31 bits per heavy atom. The van der Waals surface area contributed by atoms with Crippen molar-refractivity contribution in [1.82, 2.24) is 9.55 Å². The third kappa shape index (κ3) is 1.92. The van der Waals surface area contributed by atoms with Gasteiger partial charge >= 0.3 is 5.82 Å². The number of imidazole rings is 1. The highest BCUT2D eigenvalue weighted by Gasteiger charge is 2.23. The van der Waals surface area contributed by atoms with E-state index in [2.05, 4.69) is 4.98 Å². The Balaban J connectivity index is 3.20. The standard InChI is InChI=1S/C6H7Cl2N3O2/c1-4-9-5(8)6(11(12)13)10(4)3-2-7/h2-3H2,1H3. The fraction of sp³-hybridized carbons (Fsp3) is 0.500. The quantitative estimate of drug-likeness (QED) is 0.448. The summed E-state index contributed by atoms with van der Waals surface area (Å²) >= 11 is 11.0. The average Bonchev–Trinajstić information content (AvgIpc) is 2.27. The molecule has 1 aromatic rings. The summed E-state index contributed by atoms with van der Waals surface area (Å²) in [5, 5.41) is 10.5. The van der Waals surface area contributed by atoms with Crippen molar-refractivity contribution in [2.24, 2.45) is 0 Å². The zero-order valence-corrected chi connectivity index (χ0v) is 8.34. The summed E-state index contributed by atoms with van der Waals surface area (Å²) in [6.45, 7) is 1.98. The number of halogens is 2. The maximum Gasteiger partial charge on any atom is 0.362 e. The minimum absolute atomic E-state index is 0.0902. The SMILES string of the molecule is Cc1nc(Cl)c([N+](=O)[O-])n1CCCl. The molecule has 0 radical (unpaired) electrons. The lowest BCUT2D eigenvalue weighted by atomic mass is 10.6. The normalized spacial score (nSPS) is 10.4. The monoisotopic (exact) mass is 223 g/mol. The van der Waals surface area contributed by atoms with Crippen LogP contribution in [0.4, 0.5) is 5.82 Å². The van der Waals surface area contributed by atoms with E-state index in [9.17, 15) is 10.1 Å². The Morgan fingerprint density at radius 1 is 1.69 bits per heavy atom. The lowest BCUT2D eigenvalue weighted by Gasteiger charge is -1.98. The molecule has 7 heteroatoms. The van der Waals surface area contributed by atoms with Crippen LogP contribution in [0, 0.1) is 17.0 Å². The Kier molecular flexibility index (Phi) is 3.11. The van der Waals surface area contributed by atoms with Crippen molar-refractivity contribution in [3.8, 4) is 0 Å². The van der Waals surface area contributed by atoms with Gasteiger partial charge in [-0.15, -0.1) is 11.6 Å². The Labute approximate surface area is 84.4 Å². The molecule has 0 aliphatic carbocycles. The summed E-state index contributed by atoms with van der Waals surface area (Å²) in [6.07, 6.45) is 0. The van der Waals surface area contributed by atoms with Crippen molar-refractivity contribution in [2.75, 3.05) is 5.88 Å². The molecule has 1 aromatic heterocycles. The van der Waals surface area contributed by atoms with Crippen molar-refractivity contribution >= 4 is 29.0 Å². The summed E-state index contributed by atoms with van der Waals surface area (Å²) in [5.74, 6) is 0.589. The molecule has 72 valence electrons. The fourth-order valence-electron chi connectivity index (χ4n) is 1.04. The van der Waals surface area contributed by atoms with E-state index in [1.54, 1.807) is 6.92 Å². The van der Waals surface area contributed by atoms with Gasteiger partial charge in [-0.1, -0.05) is 11.6 Å². The van der Waals surface area contributed by atoms with Crippen LogP contribution in [0.3, 0.4) is 0 Å². The Hall–Kier alpha value is -0.810. The number of nitro groups is 1. The predicted octanol–water partition coefficient (Wildman–Crippen LogP) is 1.99. The number of hydrogen-bond acceptors (Lipinski definition) is 3. The van der Waals surface area contributed by atoms with Crippen LogP contribution in [-0.4, -0.2) is 20.4 Å². The number of aromatic nitrogens is 2. The number of aryl methyl sites for hydroxylation is 1. The van der Waals surface area contributed by atoms with Gasteiger partial charge in [0.1, 0.15) is 6.54 Å². The number of rotatable bonds is 3. The van der Waals surface area contributed by atoms with Crippen LogP contribution in [-0.2, 0) is 6.54 Å². The molecule has 13 heavy (non-hydrogen) atoms. The van der Waals surface area contributed by atoms with Gasteiger partial charge in [-0.2, -0.15) is 4.98 Å². The molecule has 0 aliphatic rings. The second-order valence-electron chi connectivity index (χ2n) is 2.37. The molecule has 0 spiro atoms. The zero-order chi connectivity index (χ0) is 10.0. The van der Waals surface area contributed by atoms with Crippen molar-refractivity contribution in [3.63, 3.8) is 0 Å². The third-order valence-corrected chi connectivity index (χ3v) is 1.99. The minimum Gasteiger partial charge on any atom is -0.358 e. The van der Waals surface area contributed by atoms with Crippen LogP contribution in [0.1, 0.15) is 5.82 Å². The molecule has 0 N–H and O–H groups in total. The van der Waals surface area contributed by atoms with Crippen molar-refractivity contribution in [2.45, 2.75) is 13.5 Å². The van der Waals surface area contributed by atoms with E-state index in [1.165, 1.54) is 4.57 Å². The first kappa shape index (κ1) is 10.3. The Morgan fingerprint density at radius 3 is 2.77 bits per heavy atom. The van der Waals surface area contributed by atoms with Gasteiger partial charge in [0.15, 0.2) is 5.82 Å². The highest BCUT2D eigenvalue weighted by Crippen LogP contribution is 2.24. The van der Waals surface area contributed by atoms with Gasteiger partial charge in [0.2, 0.25) is 5.15 Å². The van der Waals surface area contributed by atoms with E-state index in [1.807, 2.05) is 0 Å². The zero-order valence-electron chi connectivity index (χ0n) is 6.83. The Bertz CT molecular complexity index is 337. The van der Waals surface area contributed by atoms with Crippen molar-refractivity contribution in [1.29, 1.82) is 0 Å². The van der Waals surface area contributed by atoms with Crippen LogP contribution in [0.2, 0.25) is 5.15 Å². The van der Waals surface area contributed by atoms with Gasteiger partial charge in [-0.25, -0.2) is 4.57 Å². The first-order valence-corrected chi connectivity index (χ1v) is 4.42. The number of alkyl halides is 1. The largest absolute Gasteiger partial charge is 0.362 e. The average molecular weight is 224 g/mol. The summed E-state index contributed by atoms with van der Waals surface area (Å²) in [6, 6.07) is 0. The molecule has 0 amide bonds. The van der Waals surface area contributed by atoms with Gasteiger partial charge in [-0.05, 0) is 4.92 Å². The van der Waals surface area contributed by atoms with Crippen LogP contribution >= 0.6 is 23.2 Å². The predicted molar refractivity (Wildman–Crippen MR) is 49.3 cm³/mol. The lowest BCUT2D eigenvalue weighted by Crippen LogP contribution is -2.05. The molecule has 0 aromatic carbocycles. The van der Waals surface area contributed by atoms with Gasteiger partial charge in [0.25, 0.3) is 0 Å². The molecular formula is C6H7Cl2N3O2. The van der Waals surface area contributed by atoms with E-state index in [0.29, 0.717) is 12.4 Å². The summed E-state index contributed by atoms with van der Waals surface area (Å²) in [7, 11) is 0. The molecule has 1 rings (SSSR count). The van der Waals surface area contributed by atoms with Crippen LogP contribution in [0.5, 0.6) is 0 Å². The van der Waals surface area contributed by atoms with E-state index in [0.717, 1.165) is 0 Å². The van der Waals surface area contributed by atoms with Gasteiger partial charge < -0.3 is 10.1 Å². The van der Waals surface area contributed by atoms with Gasteiger partial charge in [0, 0.05) is 6.92 Å². The molecule has 0 aliphatic heterocycles. The fourth-order valence-corrected chi connectivity index (χ4v) is 1.51. The molecule has 0 fully saturated rings. The number of hydrogen-bond donors (Lipinski definition) is 0. The summed E-state index contributed by atoms with van der Waals surface area (Å²) in [4.78, 5) is 13.8. The lowest BCUT2D eigenvalue weighted by molar-refractivity contribution is -0.392. The minimum atomic E-state index is -0.561. The molecule has 1 heterocycles. The van der Waals surface area contributed by atoms with Crippen LogP contribution in [0.15, 0.2) is 0 Å². The topological polar surface area (TPSA) is 61.0 Å². The van der Waals surface area contributed by atoms with E-state index >= 15 is 0 Å². The van der Waals surface area contributed by atoms with E-state index in [4.69, 9.17) is 23.2 Å². The van der Waals surface area contributed by atoms with E-state index in [-0.39, 0.29) is 16.9 Å².